The summed E-state index contributed by atoms with van der Waals surface area (Å²) in [6, 6.07) is 10.7. The number of carbonyl (C=O) groups is 1. The maximum Gasteiger partial charge on any atom is 0.347 e. The topological polar surface area (TPSA) is 47.3 Å². The van der Waals surface area contributed by atoms with Crippen LogP contribution in [-0.4, -0.2) is 5.78 Å². The summed E-state index contributed by atoms with van der Waals surface area (Å²) < 4.78 is 5.17. The first-order valence-corrected chi connectivity index (χ1v) is 7.32. The maximum absolute atomic E-state index is 12.2. The third kappa shape index (κ3) is 2.71. The molecule has 0 aliphatic rings. The Kier molecular flexibility index (Phi) is 3.54. The van der Waals surface area contributed by atoms with Gasteiger partial charge in [0.2, 0.25) is 0 Å². The van der Waals surface area contributed by atoms with Gasteiger partial charge in [0.15, 0.2) is 5.78 Å². The monoisotopic (exact) mass is 296 g/mol. The molecule has 104 valence electrons. The van der Waals surface area contributed by atoms with Crippen LogP contribution in [0.3, 0.4) is 0 Å². The molecule has 0 bridgehead atoms. The van der Waals surface area contributed by atoms with E-state index in [0.29, 0.717) is 5.58 Å². The molecule has 1 aromatic carbocycles. The molecule has 0 unspecified atom stereocenters. The molecule has 0 amide bonds. The molecule has 0 aliphatic carbocycles. The van der Waals surface area contributed by atoms with Gasteiger partial charge < -0.3 is 4.42 Å². The normalized spacial score (nSPS) is 11.3. The second kappa shape index (κ2) is 5.50. The van der Waals surface area contributed by atoms with Crippen molar-refractivity contribution >= 4 is 34.2 Å². The van der Waals surface area contributed by atoms with Crippen molar-refractivity contribution in [1.82, 2.24) is 0 Å². The molecule has 0 spiro atoms. The first kappa shape index (κ1) is 13.5. The lowest BCUT2D eigenvalue weighted by Crippen LogP contribution is -2.11. The van der Waals surface area contributed by atoms with E-state index in [1.807, 2.05) is 30.5 Å². The van der Waals surface area contributed by atoms with Crippen LogP contribution in [0.5, 0.6) is 0 Å². The average molecular weight is 296 g/mol. The van der Waals surface area contributed by atoms with E-state index in [1.165, 1.54) is 6.08 Å². The van der Waals surface area contributed by atoms with E-state index in [2.05, 4.69) is 0 Å². The molecule has 0 radical (unpaired) electrons. The number of aryl methyl sites for hydroxylation is 1. The predicted molar refractivity (Wildman–Crippen MR) is 84.9 cm³/mol. The van der Waals surface area contributed by atoms with Crippen molar-refractivity contribution in [2.75, 3.05) is 0 Å². The highest BCUT2D eigenvalue weighted by molar-refractivity contribution is 7.11. The van der Waals surface area contributed by atoms with Gasteiger partial charge in [-0.2, -0.15) is 0 Å². The zero-order chi connectivity index (χ0) is 14.8. The van der Waals surface area contributed by atoms with Crippen LogP contribution in [0.1, 0.15) is 20.8 Å². The lowest BCUT2D eigenvalue weighted by molar-refractivity contribution is 0.104. The number of para-hydroxylation sites is 1. The van der Waals surface area contributed by atoms with Gasteiger partial charge in [-0.15, -0.1) is 11.3 Å². The van der Waals surface area contributed by atoms with Gasteiger partial charge >= 0.3 is 5.63 Å². The van der Waals surface area contributed by atoms with Crippen LogP contribution in [0, 0.1) is 6.92 Å². The van der Waals surface area contributed by atoms with Gasteiger partial charge in [0.05, 0.1) is 0 Å². The SMILES string of the molecule is Cc1ccsc1C=CC(=O)c1cc2ccccc2oc1=O. The predicted octanol–water partition coefficient (Wildman–Crippen LogP) is 4.06. The minimum absolute atomic E-state index is 0.0548. The van der Waals surface area contributed by atoms with Gasteiger partial charge in [-0.3, -0.25) is 4.79 Å². The van der Waals surface area contributed by atoms with Gasteiger partial charge in [-0.25, -0.2) is 4.79 Å². The molecular weight excluding hydrogens is 284 g/mol. The largest absolute Gasteiger partial charge is 0.422 e. The van der Waals surface area contributed by atoms with Crippen LogP contribution in [-0.2, 0) is 0 Å². The van der Waals surface area contributed by atoms with Gasteiger partial charge in [-0.05, 0) is 48.2 Å². The first-order valence-electron chi connectivity index (χ1n) is 6.44. The summed E-state index contributed by atoms with van der Waals surface area (Å²) in [4.78, 5) is 25.1. The fourth-order valence-electron chi connectivity index (χ4n) is 2.03. The molecule has 2 aromatic heterocycles. The molecule has 0 N–H and O–H groups in total. The van der Waals surface area contributed by atoms with Crippen LogP contribution < -0.4 is 5.63 Å². The quantitative estimate of drug-likeness (QED) is 0.416. The van der Waals surface area contributed by atoms with E-state index in [1.54, 1.807) is 35.6 Å². The van der Waals surface area contributed by atoms with Crippen molar-refractivity contribution in [2.45, 2.75) is 6.92 Å². The number of rotatable bonds is 3. The molecule has 0 aliphatic heterocycles. The summed E-state index contributed by atoms with van der Waals surface area (Å²) in [5.41, 5.74) is 1.04. The number of hydrogen-bond acceptors (Lipinski definition) is 4. The van der Waals surface area contributed by atoms with Gasteiger partial charge in [0.25, 0.3) is 0 Å². The zero-order valence-electron chi connectivity index (χ0n) is 11.3. The van der Waals surface area contributed by atoms with Gasteiger partial charge in [0, 0.05) is 10.3 Å². The Balaban J connectivity index is 1.98. The van der Waals surface area contributed by atoms with Gasteiger partial charge in [-0.1, -0.05) is 18.2 Å². The lowest BCUT2D eigenvalue weighted by atomic mass is 10.1. The first-order chi connectivity index (χ1) is 10.1. The Morgan fingerprint density at radius 3 is 2.81 bits per heavy atom. The van der Waals surface area contributed by atoms with Crippen LogP contribution in [0.2, 0.25) is 0 Å². The molecule has 0 saturated heterocycles. The van der Waals surface area contributed by atoms with E-state index >= 15 is 0 Å². The fourth-order valence-corrected chi connectivity index (χ4v) is 2.85. The van der Waals surface area contributed by atoms with Gasteiger partial charge in [0.1, 0.15) is 11.1 Å². The van der Waals surface area contributed by atoms with Crippen molar-refractivity contribution in [3.05, 3.63) is 74.3 Å². The average Bonchev–Trinajstić information content (AvgIpc) is 2.89. The van der Waals surface area contributed by atoms with Crippen LogP contribution in [0.15, 0.2) is 57.1 Å². The Labute approximate surface area is 125 Å². The fraction of sp³-hybridized carbons (Fsp3) is 0.0588. The molecular formula is C17H12O3S. The standard InChI is InChI=1S/C17H12O3S/c1-11-8-9-21-16(11)7-6-14(18)13-10-12-4-2-3-5-15(12)20-17(13)19/h2-10H,1H3. The Morgan fingerprint density at radius 2 is 2.05 bits per heavy atom. The van der Waals surface area contributed by atoms with Crippen molar-refractivity contribution in [2.24, 2.45) is 0 Å². The molecule has 2 heterocycles. The van der Waals surface area contributed by atoms with Crippen molar-refractivity contribution in [3.63, 3.8) is 0 Å². The molecule has 0 saturated carbocycles. The van der Waals surface area contributed by atoms with E-state index in [9.17, 15) is 9.59 Å². The van der Waals surface area contributed by atoms with Crippen LogP contribution in [0.25, 0.3) is 17.0 Å². The summed E-state index contributed by atoms with van der Waals surface area (Å²) in [5, 5.41) is 2.70. The highest BCUT2D eigenvalue weighted by Crippen LogP contribution is 2.18. The Morgan fingerprint density at radius 1 is 1.24 bits per heavy atom. The number of hydrogen-bond donors (Lipinski definition) is 0. The smallest absolute Gasteiger partial charge is 0.347 e. The summed E-state index contributed by atoms with van der Waals surface area (Å²) in [6.07, 6.45) is 3.15. The van der Waals surface area contributed by atoms with E-state index in [0.717, 1.165) is 15.8 Å². The van der Waals surface area contributed by atoms with Crippen molar-refractivity contribution < 1.29 is 9.21 Å². The molecule has 3 aromatic rings. The minimum atomic E-state index is -0.605. The molecule has 3 nitrogen and oxygen atoms in total. The number of fused-ring (bicyclic) bond motifs is 1. The highest BCUT2D eigenvalue weighted by atomic mass is 32.1. The van der Waals surface area contributed by atoms with Crippen LogP contribution >= 0.6 is 11.3 Å². The molecule has 0 fully saturated rings. The minimum Gasteiger partial charge on any atom is -0.422 e. The number of benzene rings is 1. The molecule has 3 rings (SSSR count). The lowest BCUT2D eigenvalue weighted by Gasteiger charge is -1.98. The molecule has 4 heteroatoms. The summed E-state index contributed by atoms with van der Waals surface area (Å²) in [7, 11) is 0. The van der Waals surface area contributed by atoms with E-state index in [-0.39, 0.29) is 11.3 Å². The third-order valence-electron chi connectivity index (χ3n) is 3.19. The number of ketones is 1. The van der Waals surface area contributed by atoms with Crippen molar-refractivity contribution in [1.29, 1.82) is 0 Å². The summed E-state index contributed by atoms with van der Waals surface area (Å²) >= 11 is 1.55. The Hall–Kier alpha value is -2.46. The number of allylic oxidation sites excluding steroid dienone is 1. The molecule has 21 heavy (non-hydrogen) atoms. The third-order valence-corrected chi connectivity index (χ3v) is 4.18. The Bertz CT molecular complexity index is 900. The highest BCUT2D eigenvalue weighted by Gasteiger charge is 2.11. The van der Waals surface area contributed by atoms with Crippen molar-refractivity contribution in [3.8, 4) is 0 Å². The number of carbonyl (C=O) groups excluding carboxylic acids is 1. The molecule has 0 atom stereocenters. The zero-order valence-corrected chi connectivity index (χ0v) is 12.1. The van der Waals surface area contributed by atoms with Crippen LogP contribution in [0.4, 0.5) is 0 Å². The van der Waals surface area contributed by atoms with E-state index < -0.39 is 5.63 Å². The second-order valence-corrected chi connectivity index (χ2v) is 5.60. The summed E-state index contributed by atoms with van der Waals surface area (Å²) in [6.45, 7) is 1.98. The van der Waals surface area contributed by atoms with E-state index in [4.69, 9.17) is 4.42 Å². The maximum atomic E-state index is 12.2. The second-order valence-electron chi connectivity index (χ2n) is 4.65. The number of thiophene rings is 1. The summed E-state index contributed by atoms with van der Waals surface area (Å²) in [5.74, 6) is -0.345.